The molecular weight excluding hydrogens is 185 g/mol. The summed E-state index contributed by atoms with van der Waals surface area (Å²) in [7, 11) is 0. The first kappa shape index (κ1) is 11.2. The maximum absolute atomic E-state index is 9.25. The standard InChI is InChI=1S/C7H13Cl2NO/c1-7(2,11)5-10-4-6(9)3-8/h3,10-11H,4-5H2,1-2H3/b6-3-. The molecule has 0 aromatic rings. The molecule has 2 N–H and O–H groups in total. The van der Waals surface area contributed by atoms with Gasteiger partial charge >= 0.3 is 0 Å². The van der Waals surface area contributed by atoms with Gasteiger partial charge in [0.05, 0.1) is 5.60 Å². The second-order valence-electron chi connectivity index (χ2n) is 2.97. The van der Waals surface area contributed by atoms with Crippen LogP contribution in [-0.2, 0) is 0 Å². The number of aliphatic hydroxyl groups is 1. The molecule has 0 unspecified atom stereocenters. The van der Waals surface area contributed by atoms with Crippen LogP contribution in [0, 0.1) is 0 Å². The number of nitrogens with one attached hydrogen (secondary N) is 1. The SMILES string of the molecule is CC(C)(O)CNC/C(Cl)=C/Cl. The number of hydrogen-bond donors (Lipinski definition) is 2. The fraction of sp³-hybridized carbons (Fsp3) is 0.714. The summed E-state index contributed by atoms with van der Waals surface area (Å²) in [6.45, 7) is 4.43. The van der Waals surface area contributed by atoms with Gasteiger partial charge in [-0.2, -0.15) is 0 Å². The number of hydrogen-bond acceptors (Lipinski definition) is 2. The van der Waals surface area contributed by atoms with Crippen LogP contribution in [0.15, 0.2) is 10.6 Å². The topological polar surface area (TPSA) is 32.3 Å². The van der Waals surface area contributed by atoms with E-state index >= 15 is 0 Å². The molecule has 0 saturated heterocycles. The van der Waals surface area contributed by atoms with E-state index in [1.807, 2.05) is 0 Å². The highest BCUT2D eigenvalue weighted by molar-refractivity contribution is 6.36. The van der Waals surface area contributed by atoms with Crippen LogP contribution in [0.25, 0.3) is 0 Å². The fourth-order valence-electron chi connectivity index (χ4n) is 0.526. The first-order valence-corrected chi connectivity index (χ1v) is 4.15. The molecule has 0 amide bonds. The largest absolute Gasteiger partial charge is 0.389 e. The molecule has 0 rings (SSSR count). The van der Waals surface area contributed by atoms with E-state index in [4.69, 9.17) is 23.2 Å². The van der Waals surface area contributed by atoms with E-state index in [1.165, 1.54) is 5.54 Å². The van der Waals surface area contributed by atoms with Crippen molar-refractivity contribution in [2.45, 2.75) is 19.4 Å². The van der Waals surface area contributed by atoms with Crippen LogP contribution in [0.3, 0.4) is 0 Å². The van der Waals surface area contributed by atoms with Gasteiger partial charge in [0.25, 0.3) is 0 Å². The third kappa shape index (κ3) is 8.14. The van der Waals surface area contributed by atoms with E-state index in [9.17, 15) is 5.11 Å². The lowest BCUT2D eigenvalue weighted by Crippen LogP contribution is -2.35. The van der Waals surface area contributed by atoms with Gasteiger partial charge < -0.3 is 10.4 Å². The molecule has 0 heterocycles. The molecule has 0 spiro atoms. The Balaban J connectivity index is 3.43. The van der Waals surface area contributed by atoms with Gasteiger partial charge in [-0.3, -0.25) is 0 Å². The predicted octanol–water partition coefficient (Wildman–Crippen LogP) is 1.67. The first-order chi connectivity index (χ1) is 4.95. The maximum Gasteiger partial charge on any atom is 0.0715 e. The van der Waals surface area contributed by atoms with Gasteiger partial charge in [0.1, 0.15) is 0 Å². The van der Waals surface area contributed by atoms with Gasteiger partial charge in [-0.15, -0.1) is 0 Å². The van der Waals surface area contributed by atoms with Crippen molar-refractivity contribution in [2.24, 2.45) is 0 Å². The van der Waals surface area contributed by atoms with Crippen LogP contribution in [0.2, 0.25) is 0 Å². The highest BCUT2D eigenvalue weighted by atomic mass is 35.5. The number of halogens is 2. The predicted molar refractivity (Wildman–Crippen MR) is 49.0 cm³/mol. The molecule has 2 nitrogen and oxygen atoms in total. The van der Waals surface area contributed by atoms with Crippen molar-refractivity contribution in [2.75, 3.05) is 13.1 Å². The summed E-state index contributed by atoms with van der Waals surface area (Å²) in [5.41, 5.74) is 0.600. The highest BCUT2D eigenvalue weighted by Crippen LogP contribution is 2.02. The molecule has 0 fully saturated rings. The molecule has 4 heteroatoms. The second-order valence-corrected chi connectivity index (χ2v) is 3.68. The van der Waals surface area contributed by atoms with Gasteiger partial charge in [-0.05, 0) is 13.8 Å². The molecular formula is C7H13Cl2NO. The van der Waals surface area contributed by atoms with E-state index in [-0.39, 0.29) is 0 Å². The van der Waals surface area contributed by atoms with Crippen molar-refractivity contribution in [3.63, 3.8) is 0 Å². The Hall–Kier alpha value is 0.240. The quantitative estimate of drug-likeness (QED) is 0.720. The minimum Gasteiger partial charge on any atom is -0.389 e. The Morgan fingerprint density at radius 2 is 2.18 bits per heavy atom. The van der Waals surface area contributed by atoms with Crippen LogP contribution < -0.4 is 5.32 Å². The van der Waals surface area contributed by atoms with Crippen molar-refractivity contribution < 1.29 is 5.11 Å². The zero-order chi connectivity index (χ0) is 8.91. The zero-order valence-corrected chi connectivity index (χ0v) is 8.21. The molecule has 0 aliphatic heterocycles. The van der Waals surface area contributed by atoms with Gasteiger partial charge in [-0.1, -0.05) is 23.2 Å². The fourth-order valence-corrected chi connectivity index (χ4v) is 0.698. The van der Waals surface area contributed by atoms with Crippen molar-refractivity contribution in [1.29, 1.82) is 0 Å². The molecule has 0 atom stereocenters. The lowest BCUT2D eigenvalue weighted by atomic mass is 10.1. The summed E-state index contributed by atoms with van der Waals surface area (Å²) in [6.07, 6.45) is 0. The molecule has 0 radical (unpaired) electrons. The Labute approximate surface area is 77.2 Å². The molecule has 0 aromatic carbocycles. The van der Waals surface area contributed by atoms with Gasteiger partial charge in [0.2, 0.25) is 0 Å². The minimum absolute atomic E-state index is 0.494. The van der Waals surface area contributed by atoms with E-state index in [0.717, 1.165) is 0 Å². The molecule has 0 aliphatic carbocycles. The van der Waals surface area contributed by atoms with Gasteiger partial charge in [-0.25, -0.2) is 0 Å². The third-order valence-electron chi connectivity index (χ3n) is 0.970. The van der Waals surface area contributed by atoms with Crippen LogP contribution in [0.4, 0.5) is 0 Å². The van der Waals surface area contributed by atoms with Crippen molar-refractivity contribution in [1.82, 2.24) is 5.32 Å². The van der Waals surface area contributed by atoms with E-state index < -0.39 is 5.60 Å². The maximum atomic E-state index is 9.25. The van der Waals surface area contributed by atoms with E-state index in [2.05, 4.69) is 5.32 Å². The first-order valence-electron chi connectivity index (χ1n) is 3.33. The van der Waals surface area contributed by atoms with Crippen molar-refractivity contribution in [3.8, 4) is 0 Å². The summed E-state index contributed by atoms with van der Waals surface area (Å²) >= 11 is 10.9. The summed E-state index contributed by atoms with van der Waals surface area (Å²) in [4.78, 5) is 0. The average molecular weight is 198 g/mol. The van der Waals surface area contributed by atoms with Crippen LogP contribution in [-0.4, -0.2) is 23.8 Å². The van der Waals surface area contributed by atoms with Crippen molar-refractivity contribution in [3.05, 3.63) is 10.6 Å². The van der Waals surface area contributed by atoms with Crippen molar-refractivity contribution >= 4 is 23.2 Å². The molecule has 66 valence electrons. The van der Waals surface area contributed by atoms with Crippen LogP contribution >= 0.6 is 23.2 Å². The summed E-state index contributed by atoms with van der Waals surface area (Å²) < 4.78 is 0. The third-order valence-corrected chi connectivity index (χ3v) is 1.59. The van der Waals surface area contributed by atoms with E-state index in [0.29, 0.717) is 18.1 Å². The second kappa shape index (κ2) is 4.99. The summed E-state index contributed by atoms with van der Waals surface area (Å²) in [5.74, 6) is 0. The monoisotopic (exact) mass is 197 g/mol. The molecule has 0 aromatic heterocycles. The van der Waals surface area contributed by atoms with Gasteiger partial charge in [0, 0.05) is 23.7 Å². The zero-order valence-electron chi connectivity index (χ0n) is 6.69. The highest BCUT2D eigenvalue weighted by Gasteiger charge is 2.10. The minimum atomic E-state index is -0.705. The average Bonchev–Trinajstić information content (AvgIpc) is 1.85. The Morgan fingerprint density at radius 1 is 1.64 bits per heavy atom. The Kier molecular flexibility index (Phi) is 5.10. The van der Waals surface area contributed by atoms with E-state index in [1.54, 1.807) is 13.8 Å². The molecule has 0 saturated carbocycles. The summed E-state index contributed by atoms with van der Waals surface area (Å²) in [6, 6.07) is 0. The molecule has 0 bridgehead atoms. The Morgan fingerprint density at radius 3 is 2.55 bits per heavy atom. The Bertz CT molecular complexity index is 140. The molecule has 0 aliphatic rings. The van der Waals surface area contributed by atoms with Crippen LogP contribution in [0.5, 0.6) is 0 Å². The normalized spacial score (nSPS) is 13.7. The lowest BCUT2D eigenvalue weighted by molar-refractivity contribution is 0.0809. The lowest BCUT2D eigenvalue weighted by Gasteiger charge is -2.17. The molecule has 11 heavy (non-hydrogen) atoms. The van der Waals surface area contributed by atoms with Crippen LogP contribution in [0.1, 0.15) is 13.8 Å². The van der Waals surface area contributed by atoms with Gasteiger partial charge in [0.15, 0.2) is 0 Å². The number of rotatable bonds is 4. The summed E-state index contributed by atoms with van der Waals surface area (Å²) in [5, 5.41) is 12.7. The smallest absolute Gasteiger partial charge is 0.0715 e.